The number of carbonyl (C=O) groups is 2. The molecule has 0 aromatic carbocycles. The lowest BCUT2D eigenvalue weighted by Gasteiger charge is -1.99. The quantitative estimate of drug-likeness (QED) is 0.409. The van der Waals surface area contributed by atoms with Crippen LogP contribution in [-0.4, -0.2) is 11.8 Å². The minimum atomic E-state index is -0.133. The van der Waals surface area contributed by atoms with Gasteiger partial charge in [-0.15, -0.1) is 0 Å². The second-order valence-corrected chi connectivity index (χ2v) is 4.37. The highest BCUT2D eigenvalue weighted by Gasteiger charge is 2.28. The summed E-state index contributed by atoms with van der Waals surface area (Å²) in [6, 6.07) is 0. The Morgan fingerprint density at radius 2 is 2.06 bits per heavy atom. The first kappa shape index (κ1) is 12.9. The zero-order chi connectivity index (χ0) is 11.8. The molecule has 1 heterocycles. The van der Waals surface area contributed by atoms with Crippen molar-refractivity contribution in [2.75, 3.05) is 0 Å². The van der Waals surface area contributed by atoms with Crippen LogP contribution in [0, 0.1) is 5.92 Å². The van der Waals surface area contributed by atoms with Gasteiger partial charge in [0.05, 0.1) is 5.92 Å². The van der Waals surface area contributed by atoms with Crippen molar-refractivity contribution >= 4 is 11.8 Å². The summed E-state index contributed by atoms with van der Waals surface area (Å²) >= 11 is 0. The second kappa shape index (κ2) is 7.20. The molecular weight excluding hydrogens is 202 g/mol. The molecule has 1 aliphatic heterocycles. The average Bonchev–Trinajstić information content (AvgIpc) is 2.56. The van der Waals surface area contributed by atoms with E-state index < -0.39 is 0 Å². The number of unbranched alkanes of at least 4 members (excludes halogenated alkanes) is 4. The number of rotatable bonds is 7. The monoisotopic (exact) mass is 223 g/mol. The van der Waals surface area contributed by atoms with Gasteiger partial charge in [-0.25, -0.2) is 0 Å². The van der Waals surface area contributed by atoms with Crippen LogP contribution in [0.5, 0.6) is 0 Å². The van der Waals surface area contributed by atoms with E-state index >= 15 is 0 Å². The van der Waals surface area contributed by atoms with Gasteiger partial charge in [-0.1, -0.05) is 38.3 Å². The fraction of sp³-hybridized carbons (Fsp3) is 0.692. The topological polar surface area (TPSA) is 46.2 Å². The second-order valence-electron chi connectivity index (χ2n) is 4.37. The standard InChI is InChI=1S/C13H21NO2/c1-2-3-4-5-6-7-8-9-11-10-12(15)14-13(11)16/h7-8,11H,2-6,9-10H2,1H3,(H,14,15,16). The number of carbonyl (C=O) groups excluding carboxylic acids is 2. The van der Waals surface area contributed by atoms with Gasteiger partial charge in [-0.05, 0) is 19.3 Å². The molecule has 16 heavy (non-hydrogen) atoms. The fourth-order valence-corrected chi connectivity index (χ4v) is 1.86. The van der Waals surface area contributed by atoms with E-state index in [4.69, 9.17) is 0 Å². The lowest BCUT2D eigenvalue weighted by atomic mass is 10.0. The molecule has 0 bridgehead atoms. The van der Waals surface area contributed by atoms with E-state index in [-0.39, 0.29) is 17.7 Å². The number of hydrogen-bond acceptors (Lipinski definition) is 2. The van der Waals surface area contributed by atoms with E-state index in [0.29, 0.717) is 12.8 Å². The minimum Gasteiger partial charge on any atom is -0.296 e. The number of nitrogens with one attached hydrogen (secondary N) is 1. The van der Waals surface area contributed by atoms with Gasteiger partial charge in [-0.2, -0.15) is 0 Å². The fourth-order valence-electron chi connectivity index (χ4n) is 1.86. The van der Waals surface area contributed by atoms with Crippen LogP contribution in [0.4, 0.5) is 0 Å². The molecule has 3 heteroatoms. The Labute approximate surface area is 97.3 Å². The van der Waals surface area contributed by atoms with E-state index in [1.165, 1.54) is 25.7 Å². The summed E-state index contributed by atoms with van der Waals surface area (Å²) in [4.78, 5) is 22.1. The maximum absolute atomic E-state index is 11.2. The van der Waals surface area contributed by atoms with Gasteiger partial charge < -0.3 is 0 Å². The van der Waals surface area contributed by atoms with E-state index in [9.17, 15) is 9.59 Å². The van der Waals surface area contributed by atoms with Crippen molar-refractivity contribution in [3.05, 3.63) is 12.2 Å². The Balaban J connectivity index is 2.08. The van der Waals surface area contributed by atoms with Crippen LogP contribution in [0.3, 0.4) is 0 Å². The van der Waals surface area contributed by atoms with Crippen LogP contribution in [-0.2, 0) is 9.59 Å². The Morgan fingerprint density at radius 3 is 2.69 bits per heavy atom. The van der Waals surface area contributed by atoms with E-state index in [1.54, 1.807) is 0 Å². The first-order chi connectivity index (χ1) is 7.74. The van der Waals surface area contributed by atoms with Crippen molar-refractivity contribution in [2.24, 2.45) is 5.92 Å². The van der Waals surface area contributed by atoms with Gasteiger partial charge in [0.25, 0.3) is 0 Å². The van der Waals surface area contributed by atoms with Crippen LogP contribution in [0.2, 0.25) is 0 Å². The molecular formula is C13H21NO2. The molecule has 0 aromatic heterocycles. The highest BCUT2D eigenvalue weighted by molar-refractivity contribution is 6.03. The largest absolute Gasteiger partial charge is 0.296 e. The molecule has 0 aromatic rings. The Kier molecular flexibility index (Phi) is 5.83. The first-order valence-electron chi connectivity index (χ1n) is 6.22. The zero-order valence-corrected chi connectivity index (χ0v) is 10.00. The lowest BCUT2D eigenvalue weighted by molar-refractivity contribution is -0.125. The van der Waals surface area contributed by atoms with Gasteiger partial charge in [-0.3, -0.25) is 14.9 Å². The third-order valence-electron chi connectivity index (χ3n) is 2.88. The Hall–Kier alpha value is -1.12. The molecule has 1 N–H and O–H groups in total. The molecule has 3 nitrogen and oxygen atoms in total. The number of amides is 2. The lowest BCUT2D eigenvalue weighted by Crippen LogP contribution is -2.21. The highest BCUT2D eigenvalue weighted by atomic mass is 16.2. The molecule has 1 saturated heterocycles. The normalized spacial score (nSPS) is 20.7. The summed E-state index contributed by atoms with van der Waals surface area (Å²) in [7, 11) is 0. The summed E-state index contributed by atoms with van der Waals surface area (Å²) in [5.41, 5.74) is 0. The van der Waals surface area contributed by atoms with Gasteiger partial charge in [0, 0.05) is 6.42 Å². The van der Waals surface area contributed by atoms with Gasteiger partial charge in [0.1, 0.15) is 0 Å². The molecule has 1 rings (SSSR count). The molecule has 1 atom stereocenters. The van der Waals surface area contributed by atoms with Crippen LogP contribution < -0.4 is 5.32 Å². The Bertz CT molecular complexity index is 271. The van der Waals surface area contributed by atoms with E-state index in [1.807, 2.05) is 6.08 Å². The maximum atomic E-state index is 11.2. The molecule has 2 amide bonds. The summed E-state index contributed by atoms with van der Waals surface area (Å²) < 4.78 is 0. The first-order valence-corrected chi connectivity index (χ1v) is 6.22. The third-order valence-corrected chi connectivity index (χ3v) is 2.88. The smallest absolute Gasteiger partial charge is 0.230 e. The zero-order valence-electron chi connectivity index (χ0n) is 10.00. The molecule has 0 radical (unpaired) electrons. The summed E-state index contributed by atoms with van der Waals surface area (Å²) in [6.45, 7) is 2.20. The van der Waals surface area contributed by atoms with E-state index in [2.05, 4.69) is 18.3 Å². The number of hydrogen-bond donors (Lipinski definition) is 1. The van der Waals surface area contributed by atoms with Crippen LogP contribution in [0.1, 0.15) is 51.9 Å². The maximum Gasteiger partial charge on any atom is 0.230 e. The SMILES string of the molecule is CCCCCCC=CCC1CC(=O)NC1=O. The number of allylic oxidation sites excluding steroid dienone is 2. The molecule has 90 valence electrons. The third kappa shape index (κ3) is 4.60. The van der Waals surface area contributed by atoms with Crippen LogP contribution in [0.15, 0.2) is 12.2 Å². The molecule has 1 unspecified atom stereocenters. The predicted molar refractivity (Wildman–Crippen MR) is 63.8 cm³/mol. The van der Waals surface area contributed by atoms with Gasteiger partial charge in [0.2, 0.25) is 11.8 Å². The molecule has 1 fully saturated rings. The van der Waals surface area contributed by atoms with E-state index in [0.717, 1.165) is 6.42 Å². The highest BCUT2D eigenvalue weighted by Crippen LogP contribution is 2.15. The van der Waals surface area contributed by atoms with Crippen LogP contribution in [0.25, 0.3) is 0 Å². The van der Waals surface area contributed by atoms with Crippen molar-refractivity contribution in [3.63, 3.8) is 0 Å². The molecule has 1 aliphatic rings. The molecule has 0 aliphatic carbocycles. The van der Waals surface area contributed by atoms with Crippen molar-refractivity contribution in [3.8, 4) is 0 Å². The van der Waals surface area contributed by atoms with Crippen molar-refractivity contribution in [1.82, 2.24) is 5.32 Å². The van der Waals surface area contributed by atoms with Gasteiger partial charge in [0.15, 0.2) is 0 Å². The summed E-state index contributed by atoms with van der Waals surface area (Å²) in [6.07, 6.45) is 11.4. The molecule has 0 saturated carbocycles. The van der Waals surface area contributed by atoms with Crippen molar-refractivity contribution in [1.29, 1.82) is 0 Å². The minimum absolute atomic E-state index is 0.111. The molecule has 0 spiro atoms. The average molecular weight is 223 g/mol. The Morgan fingerprint density at radius 1 is 1.25 bits per heavy atom. The van der Waals surface area contributed by atoms with Gasteiger partial charge >= 0.3 is 0 Å². The predicted octanol–water partition coefficient (Wildman–Crippen LogP) is 2.57. The van der Waals surface area contributed by atoms with Crippen LogP contribution >= 0.6 is 0 Å². The summed E-state index contributed by atoms with van der Waals surface area (Å²) in [5, 5.41) is 2.32. The summed E-state index contributed by atoms with van der Waals surface area (Å²) in [5.74, 6) is -0.369. The van der Waals surface area contributed by atoms with Crippen molar-refractivity contribution in [2.45, 2.75) is 51.9 Å². The van der Waals surface area contributed by atoms with Crippen molar-refractivity contribution < 1.29 is 9.59 Å². The number of imide groups is 1.